The van der Waals surface area contributed by atoms with Crippen molar-refractivity contribution in [1.82, 2.24) is 9.80 Å². The van der Waals surface area contributed by atoms with Gasteiger partial charge in [0.25, 0.3) is 0 Å². The molecule has 1 aliphatic rings. The van der Waals surface area contributed by atoms with Crippen molar-refractivity contribution in [2.75, 3.05) is 26.7 Å². The van der Waals surface area contributed by atoms with Crippen molar-refractivity contribution < 1.29 is 14.3 Å². The number of likely N-dealkylation sites (N-methyl/N-ethyl adjacent to an activating group) is 1. The molecule has 0 aromatic heterocycles. The van der Waals surface area contributed by atoms with Crippen molar-refractivity contribution >= 4 is 5.97 Å². The Morgan fingerprint density at radius 1 is 1.47 bits per heavy atom. The van der Waals surface area contributed by atoms with Crippen molar-refractivity contribution in [2.45, 2.75) is 19.5 Å². The van der Waals surface area contributed by atoms with E-state index in [1.54, 1.807) is 6.07 Å². The average Bonchev–Trinajstić information content (AvgIpc) is 2.34. The van der Waals surface area contributed by atoms with Crippen LogP contribution in [0.15, 0.2) is 18.2 Å². The molecule has 0 bridgehead atoms. The summed E-state index contributed by atoms with van der Waals surface area (Å²) in [6.07, 6.45) is 0. The number of rotatable bonds is 3. The molecule has 1 N–H and O–H groups in total. The molecule has 1 unspecified atom stereocenters. The van der Waals surface area contributed by atoms with Gasteiger partial charge in [0.2, 0.25) is 0 Å². The van der Waals surface area contributed by atoms with E-state index in [1.165, 1.54) is 6.07 Å². The van der Waals surface area contributed by atoms with Crippen LogP contribution in [0.2, 0.25) is 0 Å². The maximum Gasteiger partial charge on any atom is 0.336 e. The number of halogens is 1. The number of carboxylic acids is 1. The Bertz CT molecular complexity index is 479. The molecule has 1 aromatic carbocycles. The van der Waals surface area contributed by atoms with Gasteiger partial charge in [0.15, 0.2) is 0 Å². The van der Waals surface area contributed by atoms with E-state index in [9.17, 15) is 9.18 Å². The van der Waals surface area contributed by atoms with Crippen molar-refractivity contribution in [3.63, 3.8) is 0 Å². The van der Waals surface area contributed by atoms with Gasteiger partial charge in [0, 0.05) is 32.2 Å². The Labute approximate surface area is 112 Å². The van der Waals surface area contributed by atoms with Gasteiger partial charge < -0.3 is 10.0 Å². The first-order chi connectivity index (χ1) is 8.97. The van der Waals surface area contributed by atoms with Crippen molar-refractivity contribution in [3.8, 4) is 0 Å². The molecule has 104 valence electrons. The maximum atomic E-state index is 13.1. The van der Waals surface area contributed by atoms with Crippen LogP contribution in [-0.2, 0) is 6.54 Å². The summed E-state index contributed by atoms with van der Waals surface area (Å²) in [5, 5.41) is 9.13. The number of piperazine rings is 1. The number of carbonyl (C=O) groups is 1. The number of aromatic carboxylic acids is 1. The first kappa shape index (κ1) is 14.0. The van der Waals surface area contributed by atoms with E-state index in [1.807, 2.05) is 0 Å². The van der Waals surface area contributed by atoms with Gasteiger partial charge in [0.1, 0.15) is 5.82 Å². The van der Waals surface area contributed by atoms with Crippen LogP contribution in [0.25, 0.3) is 0 Å². The lowest BCUT2D eigenvalue weighted by Gasteiger charge is -2.38. The number of carboxylic acid groups (broad SMARTS) is 1. The highest BCUT2D eigenvalue weighted by Crippen LogP contribution is 2.17. The summed E-state index contributed by atoms with van der Waals surface area (Å²) < 4.78 is 13.1. The van der Waals surface area contributed by atoms with Crippen LogP contribution in [0.3, 0.4) is 0 Å². The molecule has 19 heavy (non-hydrogen) atoms. The Hall–Kier alpha value is -1.46. The van der Waals surface area contributed by atoms with Gasteiger partial charge in [-0.15, -0.1) is 0 Å². The minimum atomic E-state index is -1.07. The minimum absolute atomic E-state index is 0.0612. The molecular weight excluding hydrogens is 247 g/mol. The molecule has 5 heteroatoms. The van der Waals surface area contributed by atoms with E-state index in [0.29, 0.717) is 18.2 Å². The van der Waals surface area contributed by atoms with E-state index in [4.69, 9.17) is 5.11 Å². The number of nitrogens with zero attached hydrogens (tertiary/aromatic N) is 2. The Morgan fingerprint density at radius 3 is 2.84 bits per heavy atom. The minimum Gasteiger partial charge on any atom is -0.478 e. The standard InChI is InChI=1S/C14H19FN2O2/c1-10-8-16(2)5-6-17(10)9-11-3-4-12(15)7-13(11)14(18)19/h3-4,7,10H,5-6,8-9H2,1-2H3,(H,18,19). The Kier molecular flexibility index (Phi) is 4.17. The van der Waals surface area contributed by atoms with Gasteiger partial charge in [0.05, 0.1) is 5.56 Å². The van der Waals surface area contributed by atoms with Crippen molar-refractivity contribution in [2.24, 2.45) is 0 Å². The summed E-state index contributed by atoms with van der Waals surface area (Å²) in [5.41, 5.74) is 0.733. The highest BCUT2D eigenvalue weighted by Gasteiger charge is 2.23. The quantitative estimate of drug-likeness (QED) is 0.903. The van der Waals surface area contributed by atoms with Crippen molar-refractivity contribution in [1.29, 1.82) is 0 Å². The third-order valence-corrected chi connectivity index (χ3v) is 3.64. The Balaban J connectivity index is 2.17. The number of benzene rings is 1. The molecule has 0 spiro atoms. The molecular formula is C14H19FN2O2. The van der Waals surface area contributed by atoms with Crippen LogP contribution in [0, 0.1) is 5.82 Å². The number of hydrogen-bond acceptors (Lipinski definition) is 3. The zero-order valence-electron chi connectivity index (χ0n) is 11.3. The molecule has 1 heterocycles. The third-order valence-electron chi connectivity index (χ3n) is 3.64. The van der Waals surface area contributed by atoms with Gasteiger partial charge in [-0.25, -0.2) is 9.18 Å². The molecule has 1 aromatic rings. The van der Waals surface area contributed by atoms with Crippen LogP contribution in [-0.4, -0.2) is 53.6 Å². The fourth-order valence-corrected chi connectivity index (χ4v) is 2.52. The van der Waals surface area contributed by atoms with Crippen molar-refractivity contribution in [3.05, 3.63) is 35.1 Å². The molecule has 1 fully saturated rings. The summed E-state index contributed by atoms with van der Waals surface area (Å²) in [7, 11) is 2.08. The van der Waals surface area contributed by atoms with E-state index in [0.717, 1.165) is 25.7 Å². The van der Waals surface area contributed by atoms with Gasteiger partial charge in [-0.1, -0.05) is 6.07 Å². The van der Waals surface area contributed by atoms with Crippen LogP contribution < -0.4 is 0 Å². The van der Waals surface area contributed by atoms with Crippen LogP contribution in [0.4, 0.5) is 4.39 Å². The molecule has 4 nitrogen and oxygen atoms in total. The van der Waals surface area contributed by atoms with Gasteiger partial charge in [-0.3, -0.25) is 4.90 Å². The fraction of sp³-hybridized carbons (Fsp3) is 0.500. The SMILES string of the molecule is CC1CN(C)CCN1Cc1ccc(F)cc1C(=O)O. The van der Waals surface area contributed by atoms with E-state index >= 15 is 0 Å². The average molecular weight is 266 g/mol. The second kappa shape index (κ2) is 5.67. The predicted octanol–water partition coefficient (Wildman–Crippen LogP) is 1.66. The molecule has 2 rings (SSSR count). The summed E-state index contributed by atoms with van der Waals surface area (Å²) in [6.45, 7) is 5.50. The molecule has 0 radical (unpaired) electrons. The molecule has 0 saturated carbocycles. The van der Waals surface area contributed by atoms with Gasteiger partial charge in [-0.2, -0.15) is 0 Å². The summed E-state index contributed by atoms with van der Waals surface area (Å²) in [6, 6.07) is 4.36. The van der Waals surface area contributed by atoms with Gasteiger partial charge in [-0.05, 0) is 31.7 Å². The maximum absolute atomic E-state index is 13.1. The lowest BCUT2D eigenvalue weighted by molar-refractivity contribution is 0.0687. The fourth-order valence-electron chi connectivity index (χ4n) is 2.52. The lowest BCUT2D eigenvalue weighted by atomic mass is 10.1. The second-order valence-corrected chi connectivity index (χ2v) is 5.19. The zero-order chi connectivity index (χ0) is 14.0. The normalized spacial score (nSPS) is 21.5. The smallest absolute Gasteiger partial charge is 0.336 e. The molecule has 0 aliphatic carbocycles. The van der Waals surface area contributed by atoms with Crippen LogP contribution >= 0.6 is 0 Å². The summed E-state index contributed by atoms with van der Waals surface area (Å²) >= 11 is 0. The van der Waals surface area contributed by atoms with Gasteiger partial charge >= 0.3 is 5.97 Å². The summed E-state index contributed by atoms with van der Waals surface area (Å²) in [4.78, 5) is 15.6. The van der Waals surface area contributed by atoms with Crippen LogP contribution in [0.5, 0.6) is 0 Å². The Morgan fingerprint density at radius 2 is 2.21 bits per heavy atom. The molecule has 0 amide bonds. The van der Waals surface area contributed by atoms with E-state index < -0.39 is 11.8 Å². The zero-order valence-corrected chi connectivity index (χ0v) is 11.3. The van der Waals surface area contributed by atoms with E-state index in [2.05, 4.69) is 23.8 Å². The van der Waals surface area contributed by atoms with E-state index in [-0.39, 0.29) is 5.56 Å². The highest BCUT2D eigenvalue weighted by molar-refractivity contribution is 5.89. The topological polar surface area (TPSA) is 43.8 Å². The largest absolute Gasteiger partial charge is 0.478 e. The molecule has 1 saturated heterocycles. The second-order valence-electron chi connectivity index (χ2n) is 5.19. The first-order valence-corrected chi connectivity index (χ1v) is 6.41. The highest BCUT2D eigenvalue weighted by atomic mass is 19.1. The molecule has 1 atom stereocenters. The summed E-state index contributed by atoms with van der Waals surface area (Å²) in [5.74, 6) is -1.58. The number of hydrogen-bond donors (Lipinski definition) is 1. The monoisotopic (exact) mass is 266 g/mol. The first-order valence-electron chi connectivity index (χ1n) is 6.41. The van der Waals surface area contributed by atoms with Crippen LogP contribution in [0.1, 0.15) is 22.8 Å². The predicted molar refractivity (Wildman–Crippen MR) is 70.7 cm³/mol. The molecule has 1 aliphatic heterocycles. The third kappa shape index (κ3) is 3.30. The lowest BCUT2D eigenvalue weighted by Crippen LogP contribution is -2.49.